The fraction of sp³-hybridized carbons (Fsp3) is 0.174. The van der Waals surface area contributed by atoms with Crippen molar-refractivity contribution in [3.05, 3.63) is 96.2 Å². The van der Waals surface area contributed by atoms with E-state index in [-0.39, 0.29) is 23.7 Å². The summed E-state index contributed by atoms with van der Waals surface area (Å²) in [4.78, 5) is 38.8. The third-order valence-electron chi connectivity index (χ3n) is 5.25. The molecular formula is C23H19ClFN3O3S. The Morgan fingerprint density at radius 2 is 1.84 bits per heavy atom. The molecule has 0 aliphatic heterocycles. The third-order valence-corrected chi connectivity index (χ3v) is 6.43. The Morgan fingerprint density at radius 3 is 2.56 bits per heavy atom. The van der Waals surface area contributed by atoms with Crippen LogP contribution >= 0.6 is 22.9 Å². The predicted octanol–water partition coefficient (Wildman–Crippen LogP) is 4.32. The Balaban J connectivity index is 1.71. The Kier molecular flexibility index (Phi) is 5.99. The standard InChI is InChI=1S/C23H19ClFN3O3S/c1-13-3-4-15(9-14(13)2)11-28-22(30)21-19(7-8-32-21)27(23(28)31)12-20(29)26-16-5-6-18(25)17(24)10-16/h3-10H,11-12H2,1-2H3,(H,26,29). The van der Waals surface area contributed by atoms with Gasteiger partial charge in [-0.1, -0.05) is 29.8 Å². The second-order valence-electron chi connectivity index (χ2n) is 7.49. The molecule has 0 bridgehead atoms. The van der Waals surface area contributed by atoms with E-state index in [9.17, 15) is 18.8 Å². The zero-order chi connectivity index (χ0) is 23.0. The molecule has 0 saturated heterocycles. The number of thiophene rings is 1. The van der Waals surface area contributed by atoms with Gasteiger partial charge >= 0.3 is 5.69 Å². The van der Waals surface area contributed by atoms with Crippen molar-refractivity contribution in [1.82, 2.24) is 9.13 Å². The number of carbonyl (C=O) groups is 1. The molecule has 0 fully saturated rings. The fourth-order valence-electron chi connectivity index (χ4n) is 3.43. The van der Waals surface area contributed by atoms with Crippen LogP contribution in [0.5, 0.6) is 0 Å². The van der Waals surface area contributed by atoms with Crippen LogP contribution in [0, 0.1) is 19.7 Å². The zero-order valence-electron chi connectivity index (χ0n) is 17.3. The number of carbonyl (C=O) groups excluding carboxylic acids is 1. The van der Waals surface area contributed by atoms with Crippen molar-refractivity contribution in [2.75, 3.05) is 5.32 Å². The summed E-state index contributed by atoms with van der Waals surface area (Å²) in [5.41, 5.74) is 2.73. The van der Waals surface area contributed by atoms with E-state index in [1.54, 1.807) is 11.4 Å². The highest BCUT2D eigenvalue weighted by atomic mass is 35.5. The summed E-state index contributed by atoms with van der Waals surface area (Å²) in [7, 11) is 0. The lowest BCUT2D eigenvalue weighted by Gasteiger charge is -2.13. The van der Waals surface area contributed by atoms with Crippen molar-refractivity contribution >= 4 is 44.7 Å². The average molecular weight is 472 g/mol. The maximum atomic E-state index is 13.4. The maximum Gasteiger partial charge on any atom is 0.332 e. The first-order valence-corrected chi connectivity index (χ1v) is 11.0. The van der Waals surface area contributed by atoms with E-state index in [0.717, 1.165) is 27.3 Å². The molecule has 6 nitrogen and oxygen atoms in total. The van der Waals surface area contributed by atoms with Crippen LogP contribution in [0.1, 0.15) is 16.7 Å². The number of aromatic nitrogens is 2. The van der Waals surface area contributed by atoms with E-state index < -0.39 is 17.4 Å². The average Bonchev–Trinajstić information content (AvgIpc) is 3.24. The molecule has 2 aromatic carbocycles. The van der Waals surface area contributed by atoms with E-state index in [4.69, 9.17) is 11.6 Å². The number of hydrogen-bond acceptors (Lipinski definition) is 4. The van der Waals surface area contributed by atoms with Crippen LogP contribution in [0.3, 0.4) is 0 Å². The highest BCUT2D eigenvalue weighted by Crippen LogP contribution is 2.20. The van der Waals surface area contributed by atoms with Gasteiger partial charge in [0.05, 0.1) is 17.1 Å². The Labute approximate surface area is 191 Å². The molecule has 0 aliphatic rings. The van der Waals surface area contributed by atoms with E-state index >= 15 is 0 Å². The van der Waals surface area contributed by atoms with Crippen LogP contribution in [-0.4, -0.2) is 15.0 Å². The summed E-state index contributed by atoms with van der Waals surface area (Å²) in [5, 5.41) is 4.19. The van der Waals surface area contributed by atoms with Gasteiger partial charge in [0, 0.05) is 5.69 Å². The molecule has 0 unspecified atom stereocenters. The smallest absolute Gasteiger partial charge is 0.324 e. The van der Waals surface area contributed by atoms with E-state index in [0.29, 0.717) is 15.9 Å². The summed E-state index contributed by atoms with van der Waals surface area (Å²) in [5.74, 6) is -1.10. The highest BCUT2D eigenvalue weighted by molar-refractivity contribution is 7.17. The molecule has 2 aromatic heterocycles. The lowest BCUT2D eigenvalue weighted by atomic mass is 10.1. The van der Waals surface area contributed by atoms with Crippen molar-refractivity contribution in [2.45, 2.75) is 26.9 Å². The highest BCUT2D eigenvalue weighted by Gasteiger charge is 2.17. The predicted molar refractivity (Wildman–Crippen MR) is 125 cm³/mol. The van der Waals surface area contributed by atoms with Crippen molar-refractivity contribution < 1.29 is 9.18 Å². The maximum absolute atomic E-state index is 13.4. The van der Waals surface area contributed by atoms with Crippen LogP contribution in [-0.2, 0) is 17.9 Å². The first-order chi connectivity index (χ1) is 15.2. The molecule has 1 amide bonds. The van der Waals surface area contributed by atoms with E-state index in [1.807, 2.05) is 32.0 Å². The van der Waals surface area contributed by atoms with Gasteiger partial charge in [-0.05, 0) is 60.2 Å². The summed E-state index contributed by atoms with van der Waals surface area (Å²) in [6.45, 7) is 3.74. The van der Waals surface area contributed by atoms with Crippen LogP contribution < -0.4 is 16.6 Å². The van der Waals surface area contributed by atoms with Crippen molar-refractivity contribution in [3.63, 3.8) is 0 Å². The van der Waals surface area contributed by atoms with Gasteiger partial charge in [-0.15, -0.1) is 11.3 Å². The number of anilines is 1. The summed E-state index contributed by atoms with van der Waals surface area (Å²) in [6.07, 6.45) is 0. The number of hydrogen-bond donors (Lipinski definition) is 1. The molecule has 9 heteroatoms. The first-order valence-electron chi connectivity index (χ1n) is 9.76. The normalized spacial score (nSPS) is 11.1. The van der Waals surface area contributed by atoms with Crippen molar-refractivity contribution in [3.8, 4) is 0 Å². The molecule has 4 aromatic rings. The van der Waals surface area contributed by atoms with Crippen LogP contribution in [0.2, 0.25) is 5.02 Å². The van der Waals surface area contributed by atoms with Gasteiger partial charge in [0.1, 0.15) is 17.1 Å². The van der Waals surface area contributed by atoms with E-state index in [1.165, 1.54) is 28.0 Å². The van der Waals surface area contributed by atoms with Gasteiger partial charge < -0.3 is 5.32 Å². The molecule has 0 radical (unpaired) electrons. The van der Waals surface area contributed by atoms with Crippen LogP contribution in [0.25, 0.3) is 10.2 Å². The van der Waals surface area contributed by atoms with Crippen LogP contribution in [0.4, 0.5) is 10.1 Å². The number of amides is 1. The minimum atomic E-state index is -0.598. The summed E-state index contributed by atoms with van der Waals surface area (Å²) >= 11 is 6.98. The Morgan fingerprint density at radius 1 is 1.06 bits per heavy atom. The quantitative estimate of drug-likeness (QED) is 0.471. The Hall–Kier alpha value is -3.23. The molecule has 4 rings (SSSR count). The van der Waals surface area contributed by atoms with Gasteiger partial charge in [0.25, 0.3) is 5.56 Å². The number of rotatable bonds is 5. The molecular weight excluding hydrogens is 453 g/mol. The van der Waals surface area contributed by atoms with Gasteiger partial charge in [-0.3, -0.25) is 18.7 Å². The summed E-state index contributed by atoms with van der Waals surface area (Å²) < 4.78 is 16.2. The summed E-state index contributed by atoms with van der Waals surface area (Å²) in [6, 6.07) is 11.2. The number of halogens is 2. The minimum absolute atomic E-state index is 0.0990. The van der Waals surface area contributed by atoms with Crippen LogP contribution in [0.15, 0.2) is 57.4 Å². The fourth-order valence-corrected chi connectivity index (χ4v) is 4.45. The second kappa shape index (κ2) is 8.72. The number of aryl methyl sites for hydroxylation is 2. The molecule has 0 aliphatic carbocycles. The molecule has 32 heavy (non-hydrogen) atoms. The number of benzene rings is 2. The SMILES string of the molecule is Cc1ccc(Cn2c(=O)c3sccc3n(CC(=O)Nc3ccc(F)c(Cl)c3)c2=O)cc1C. The van der Waals surface area contributed by atoms with Gasteiger partial charge in [0.2, 0.25) is 5.91 Å². The number of fused-ring (bicyclic) bond motifs is 1. The molecule has 164 valence electrons. The Bertz CT molecular complexity index is 1470. The zero-order valence-corrected chi connectivity index (χ0v) is 18.9. The lowest BCUT2D eigenvalue weighted by Crippen LogP contribution is -2.41. The second-order valence-corrected chi connectivity index (χ2v) is 8.81. The minimum Gasteiger partial charge on any atom is -0.324 e. The van der Waals surface area contributed by atoms with Crippen molar-refractivity contribution in [2.24, 2.45) is 0 Å². The lowest BCUT2D eigenvalue weighted by molar-refractivity contribution is -0.116. The monoisotopic (exact) mass is 471 g/mol. The number of nitrogens with zero attached hydrogens (tertiary/aromatic N) is 2. The topological polar surface area (TPSA) is 73.1 Å². The molecule has 0 spiro atoms. The molecule has 1 N–H and O–H groups in total. The van der Waals surface area contributed by atoms with Crippen molar-refractivity contribution in [1.29, 1.82) is 0 Å². The molecule has 0 saturated carbocycles. The van der Waals surface area contributed by atoms with Gasteiger partial charge in [-0.2, -0.15) is 0 Å². The molecule has 2 heterocycles. The largest absolute Gasteiger partial charge is 0.332 e. The molecule has 0 atom stereocenters. The number of nitrogens with one attached hydrogen (secondary N) is 1. The van der Waals surface area contributed by atoms with Gasteiger partial charge in [-0.25, -0.2) is 9.18 Å². The third kappa shape index (κ3) is 4.24. The van der Waals surface area contributed by atoms with E-state index in [2.05, 4.69) is 5.32 Å². The first kappa shape index (κ1) is 22.0. The van der Waals surface area contributed by atoms with Gasteiger partial charge in [0.15, 0.2) is 0 Å².